The van der Waals surface area contributed by atoms with Gasteiger partial charge in [0.05, 0.1) is 5.56 Å². The number of rotatable bonds is 13. The Morgan fingerprint density at radius 1 is 0.796 bits per heavy atom. The van der Waals surface area contributed by atoms with Crippen LogP contribution in [0.3, 0.4) is 0 Å². The molecular weight excluding hydrogens is 675 g/mol. The van der Waals surface area contributed by atoms with Gasteiger partial charge in [0.2, 0.25) is 0 Å². The molecule has 2 aliphatic rings. The number of para-hydroxylation sites is 1. The van der Waals surface area contributed by atoms with Crippen molar-refractivity contribution in [1.82, 2.24) is 24.2 Å². The van der Waals surface area contributed by atoms with Crippen molar-refractivity contribution in [2.24, 2.45) is 7.05 Å². The van der Waals surface area contributed by atoms with Crippen LogP contribution in [-0.2, 0) is 33.0 Å². The highest BCUT2D eigenvalue weighted by Gasteiger charge is 2.34. The lowest BCUT2D eigenvalue weighted by atomic mass is 9.88. The largest absolute Gasteiger partial charge is 0.415 e. The van der Waals surface area contributed by atoms with Gasteiger partial charge < -0.3 is 28.9 Å². The van der Waals surface area contributed by atoms with Crippen LogP contribution in [0.2, 0.25) is 0 Å². The maximum Gasteiger partial charge on any atom is 0.415 e. The van der Waals surface area contributed by atoms with Crippen molar-refractivity contribution < 1.29 is 19.1 Å². The van der Waals surface area contributed by atoms with Crippen LogP contribution in [0.5, 0.6) is 5.75 Å². The molecule has 3 aromatic carbocycles. The number of hydrogen-bond donors (Lipinski definition) is 0. The smallest absolute Gasteiger partial charge is 0.410 e. The van der Waals surface area contributed by atoms with Crippen LogP contribution in [0.25, 0.3) is 11.3 Å². The third kappa shape index (κ3) is 8.57. The predicted octanol–water partition coefficient (Wildman–Crippen LogP) is 8.12. The van der Waals surface area contributed by atoms with Crippen molar-refractivity contribution >= 4 is 17.9 Å². The number of carbonyl (C=O) groups is 3. The van der Waals surface area contributed by atoms with E-state index in [9.17, 15) is 9.59 Å². The van der Waals surface area contributed by atoms with Gasteiger partial charge >= 0.3 is 6.09 Å². The summed E-state index contributed by atoms with van der Waals surface area (Å²) in [6.45, 7) is 10.0. The number of benzene rings is 3. The maximum atomic E-state index is 15.2. The minimum Gasteiger partial charge on any atom is -0.410 e. The molecule has 0 unspecified atom stereocenters. The summed E-state index contributed by atoms with van der Waals surface area (Å²) in [5, 5.41) is 0. The van der Waals surface area contributed by atoms with Gasteiger partial charge in [-0.05, 0) is 112 Å². The molecule has 6 rings (SSSR count). The van der Waals surface area contributed by atoms with E-state index in [4.69, 9.17) is 4.74 Å². The molecule has 0 spiro atoms. The first kappa shape index (κ1) is 38.8. The summed E-state index contributed by atoms with van der Waals surface area (Å²) in [6.07, 6.45) is 5.82. The van der Waals surface area contributed by atoms with E-state index in [2.05, 4.69) is 66.6 Å². The van der Waals surface area contributed by atoms with Crippen molar-refractivity contribution in [2.75, 3.05) is 40.3 Å². The Morgan fingerprint density at radius 3 is 2.17 bits per heavy atom. The highest BCUT2D eigenvalue weighted by molar-refractivity contribution is 6.03. The summed E-state index contributed by atoms with van der Waals surface area (Å²) in [7, 11) is 6.14. The first-order valence-electron chi connectivity index (χ1n) is 19.8. The van der Waals surface area contributed by atoms with Crippen LogP contribution in [0.4, 0.5) is 4.79 Å². The van der Waals surface area contributed by atoms with Crippen LogP contribution in [-0.4, -0.2) is 88.4 Å². The molecular formula is C45H57N5O4. The highest BCUT2D eigenvalue weighted by atomic mass is 16.6. The molecule has 3 amide bonds. The Balaban J connectivity index is 1.42. The zero-order valence-corrected chi connectivity index (χ0v) is 33.1. The van der Waals surface area contributed by atoms with Gasteiger partial charge in [0.25, 0.3) is 11.8 Å². The molecule has 0 radical (unpaired) electrons. The Labute approximate surface area is 321 Å². The third-order valence-corrected chi connectivity index (χ3v) is 11.2. The van der Waals surface area contributed by atoms with Gasteiger partial charge in [-0.15, -0.1) is 0 Å². The SMILES string of the molecule is CCCCN(CCCC)C(=O)c1cc(-c2cc3c(cc2C(=O)N2Cc4ccccc4C[C@H]2CCN(C)C)CN(C(=O)Oc2ccccc2)CC3)n(C)c1C. The van der Waals surface area contributed by atoms with Gasteiger partial charge in [0.1, 0.15) is 5.75 Å². The minimum absolute atomic E-state index is 0.0222. The normalized spacial score (nSPS) is 15.2. The minimum atomic E-state index is -0.405. The molecule has 1 aromatic heterocycles. The monoisotopic (exact) mass is 731 g/mol. The summed E-state index contributed by atoms with van der Waals surface area (Å²) >= 11 is 0. The number of fused-ring (bicyclic) bond motifs is 2. The number of ether oxygens (including phenoxy) is 1. The Bertz CT molecular complexity index is 1940. The van der Waals surface area contributed by atoms with Crippen molar-refractivity contribution in [2.45, 2.75) is 84.8 Å². The van der Waals surface area contributed by atoms with E-state index in [0.717, 1.165) is 86.2 Å². The first-order valence-corrected chi connectivity index (χ1v) is 19.8. The van der Waals surface area contributed by atoms with Gasteiger partial charge in [-0.1, -0.05) is 69.2 Å². The summed E-state index contributed by atoms with van der Waals surface area (Å²) in [6, 6.07) is 23.7. The van der Waals surface area contributed by atoms with Crippen LogP contribution in [0.15, 0.2) is 72.8 Å². The molecule has 0 saturated heterocycles. The molecule has 54 heavy (non-hydrogen) atoms. The fourth-order valence-electron chi connectivity index (χ4n) is 7.81. The molecule has 0 bridgehead atoms. The highest BCUT2D eigenvalue weighted by Crippen LogP contribution is 2.36. The van der Waals surface area contributed by atoms with E-state index in [1.54, 1.807) is 17.0 Å². The molecule has 0 aliphatic carbocycles. The molecule has 0 fully saturated rings. The molecule has 9 nitrogen and oxygen atoms in total. The second-order valence-corrected chi connectivity index (χ2v) is 15.3. The summed E-state index contributed by atoms with van der Waals surface area (Å²) in [5.41, 5.74) is 8.32. The number of hydrogen-bond acceptors (Lipinski definition) is 5. The fraction of sp³-hybridized carbons (Fsp3) is 0.444. The number of amides is 3. The summed E-state index contributed by atoms with van der Waals surface area (Å²) in [5.74, 6) is 0.515. The van der Waals surface area contributed by atoms with E-state index < -0.39 is 6.09 Å². The number of aromatic nitrogens is 1. The lowest BCUT2D eigenvalue weighted by Crippen LogP contribution is -2.45. The van der Waals surface area contributed by atoms with Crippen molar-refractivity contribution in [3.63, 3.8) is 0 Å². The van der Waals surface area contributed by atoms with Crippen LogP contribution >= 0.6 is 0 Å². The zero-order chi connectivity index (χ0) is 38.4. The van der Waals surface area contributed by atoms with Gasteiger partial charge in [-0.2, -0.15) is 0 Å². The fourth-order valence-corrected chi connectivity index (χ4v) is 7.81. The Morgan fingerprint density at radius 2 is 1.48 bits per heavy atom. The van der Waals surface area contributed by atoms with Crippen LogP contribution in [0.1, 0.15) is 94.6 Å². The molecule has 9 heteroatoms. The van der Waals surface area contributed by atoms with Crippen LogP contribution < -0.4 is 4.74 Å². The molecule has 286 valence electrons. The van der Waals surface area contributed by atoms with Gasteiger partial charge in [0, 0.05) is 68.3 Å². The van der Waals surface area contributed by atoms with E-state index >= 15 is 4.79 Å². The van der Waals surface area contributed by atoms with E-state index in [1.165, 1.54) is 11.1 Å². The van der Waals surface area contributed by atoms with Crippen LogP contribution in [0, 0.1) is 6.92 Å². The molecule has 1 atom stereocenters. The van der Waals surface area contributed by atoms with E-state index in [0.29, 0.717) is 42.9 Å². The average Bonchev–Trinajstić information content (AvgIpc) is 3.48. The topological polar surface area (TPSA) is 78.3 Å². The number of unbranched alkanes of at least 4 members (excludes halogenated alkanes) is 2. The maximum absolute atomic E-state index is 15.2. The number of carbonyl (C=O) groups excluding carboxylic acids is 3. The standard InChI is InChI=1S/C45H57N5O4/c1-7-9-22-48(23-10-8-2)43(51)39-29-42(47(6)32(39)3)40-27-34-20-25-49(45(53)54-38-18-12-11-13-19-38)30-36(34)28-41(40)44(52)50-31-35-17-15-14-16-33(35)26-37(50)21-24-46(4)5/h11-19,27-29,37H,7-10,20-26,30-31H2,1-6H3/t37-/m1/s1. The zero-order valence-electron chi connectivity index (χ0n) is 33.1. The Hall–Kier alpha value is -4.89. The second kappa shape index (κ2) is 17.5. The molecule has 0 N–H and O–H groups in total. The molecule has 3 heterocycles. The third-order valence-electron chi connectivity index (χ3n) is 11.2. The van der Waals surface area contributed by atoms with Crippen molar-refractivity contribution in [3.05, 3.63) is 112 Å². The second-order valence-electron chi connectivity index (χ2n) is 15.3. The predicted molar refractivity (Wildman–Crippen MR) is 215 cm³/mol. The van der Waals surface area contributed by atoms with Gasteiger partial charge in [-0.25, -0.2) is 4.79 Å². The van der Waals surface area contributed by atoms with E-state index in [1.807, 2.05) is 55.3 Å². The first-order chi connectivity index (χ1) is 26.1. The van der Waals surface area contributed by atoms with Gasteiger partial charge in [-0.3, -0.25) is 9.59 Å². The van der Waals surface area contributed by atoms with Crippen molar-refractivity contribution in [3.8, 4) is 17.0 Å². The quantitative estimate of drug-likeness (QED) is 0.139. The van der Waals surface area contributed by atoms with Gasteiger partial charge in [0.15, 0.2) is 0 Å². The lowest BCUT2D eigenvalue weighted by Gasteiger charge is -2.38. The summed E-state index contributed by atoms with van der Waals surface area (Å²) < 4.78 is 7.79. The molecule has 0 saturated carbocycles. The number of nitrogens with zero attached hydrogens (tertiary/aromatic N) is 5. The Kier molecular flexibility index (Phi) is 12.6. The summed E-state index contributed by atoms with van der Waals surface area (Å²) in [4.78, 5) is 50.7. The average molecular weight is 732 g/mol. The molecule has 4 aromatic rings. The van der Waals surface area contributed by atoms with E-state index in [-0.39, 0.29) is 17.9 Å². The lowest BCUT2D eigenvalue weighted by molar-refractivity contribution is 0.0620. The molecule has 2 aliphatic heterocycles. The van der Waals surface area contributed by atoms with Crippen molar-refractivity contribution in [1.29, 1.82) is 0 Å².